The van der Waals surface area contributed by atoms with E-state index in [9.17, 15) is 0 Å². The lowest BCUT2D eigenvalue weighted by molar-refractivity contribution is -0.950. The monoisotopic (exact) mass is 503 g/mol. The van der Waals surface area contributed by atoms with Crippen LogP contribution >= 0.6 is 0 Å². The Morgan fingerprint density at radius 3 is 2.51 bits per heavy atom. The second-order valence-electron chi connectivity index (χ2n) is 10.8. The highest BCUT2D eigenvalue weighted by Gasteiger charge is 2.68. The summed E-state index contributed by atoms with van der Waals surface area (Å²) in [5.74, 6) is 1.79. The van der Waals surface area contributed by atoms with Crippen LogP contribution in [0.5, 0.6) is 11.5 Å². The Morgan fingerprint density at radius 2 is 1.62 bits per heavy atom. The molecule has 182 valence electrons. The zero-order chi connectivity index (χ0) is 25.6. The van der Waals surface area contributed by atoms with Crippen molar-refractivity contribution in [1.29, 1.82) is 0 Å². The van der Waals surface area contributed by atoms with Gasteiger partial charge in [-0.05, 0) is 55.3 Å². The molecule has 0 bridgehead atoms. The van der Waals surface area contributed by atoms with E-state index in [1.807, 2.05) is 0 Å². The Kier molecular flexibility index (Phi) is 3.22. The number of hydrogen-bond acceptors (Lipinski definition) is 3. The molecule has 39 heavy (non-hydrogen) atoms. The third-order valence-electron chi connectivity index (χ3n) is 8.98. The van der Waals surface area contributed by atoms with E-state index in [2.05, 4.69) is 107 Å². The molecule has 0 aliphatic carbocycles. The van der Waals surface area contributed by atoms with E-state index in [-0.39, 0.29) is 0 Å². The molecule has 7 aromatic rings. The fourth-order valence-corrected chi connectivity index (χ4v) is 7.66. The van der Waals surface area contributed by atoms with Crippen molar-refractivity contribution < 1.29 is 13.9 Å². The topological polar surface area (TPSA) is 47.2 Å². The van der Waals surface area contributed by atoms with Gasteiger partial charge in [-0.25, -0.2) is 9.97 Å². The van der Waals surface area contributed by atoms with E-state index < -0.39 is 5.66 Å². The minimum atomic E-state index is -0.616. The summed E-state index contributed by atoms with van der Waals surface area (Å²) >= 11 is 0. The van der Waals surface area contributed by atoms with Crippen molar-refractivity contribution in [3.05, 3.63) is 114 Å². The van der Waals surface area contributed by atoms with Gasteiger partial charge >= 0.3 is 11.3 Å². The maximum Gasteiger partial charge on any atom is 0.371 e. The molecule has 0 radical (unpaired) electrons. The van der Waals surface area contributed by atoms with Crippen LogP contribution in [0.3, 0.4) is 0 Å². The lowest BCUT2D eigenvalue weighted by Gasteiger charge is -2.27. The van der Waals surface area contributed by atoms with Gasteiger partial charge in [0, 0.05) is 35.5 Å². The highest BCUT2D eigenvalue weighted by Crippen LogP contribution is 2.57. The Morgan fingerprint density at radius 1 is 0.795 bits per heavy atom. The molecule has 6 nitrogen and oxygen atoms in total. The van der Waals surface area contributed by atoms with Crippen LogP contribution < -0.4 is 13.9 Å². The zero-order valence-electron chi connectivity index (χ0n) is 21.3. The van der Waals surface area contributed by atoms with Gasteiger partial charge in [0.2, 0.25) is 5.69 Å². The van der Waals surface area contributed by atoms with Gasteiger partial charge in [-0.15, -0.1) is 4.57 Å². The van der Waals surface area contributed by atoms with Crippen LogP contribution in [0.25, 0.3) is 50.1 Å². The molecule has 0 N–H and O–H groups in total. The molecule has 0 fully saturated rings. The molecule has 3 aromatic carbocycles. The number of fused-ring (bicyclic) bond motifs is 5. The highest BCUT2D eigenvalue weighted by molar-refractivity contribution is 6.12. The first-order valence-electron chi connectivity index (χ1n) is 13.3. The van der Waals surface area contributed by atoms with Gasteiger partial charge in [0.1, 0.15) is 34.3 Å². The molecule has 7 heterocycles. The van der Waals surface area contributed by atoms with E-state index in [1.165, 1.54) is 44.5 Å². The molecular weight excluding hydrogens is 482 g/mol. The van der Waals surface area contributed by atoms with Crippen molar-refractivity contribution in [2.24, 2.45) is 0 Å². The fourth-order valence-electron chi connectivity index (χ4n) is 7.66. The summed E-state index contributed by atoms with van der Waals surface area (Å²) in [7, 11) is 0. The van der Waals surface area contributed by atoms with Crippen molar-refractivity contribution in [1.82, 2.24) is 14.4 Å². The van der Waals surface area contributed by atoms with Gasteiger partial charge in [-0.3, -0.25) is 0 Å². The number of rotatable bonds is 1. The van der Waals surface area contributed by atoms with Crippen molar-refractivity contribution in [2.45, 2.75) is 19.5 Å². The van der Waals surface area contributed by atoms with Crippen molar-refractivity contribution in [3.8, 4) is 34.0 Å². The summed E-state index contributed by atoms with van der Waals surface area (Å²) in [6.07, 6.45) is 8.14. The number of aryl methyl sites for hydroxylation is 2. The first-order valence-corrected chi connectivity index (χ1v) is 13.3. The molecule has 4 aromatic heterocycles. The standard InChI is InChI=1S/C33H21N5O/c1-18-7-5-8-19(2)26(18)23-17-37-32-27-21(30-31(38(23)32)35-15-14-34-30)12-13-25-29(27)33(37)28-20(9-6-11-24(28)39-25)22-10-3-4-16-36(22)33/h3-17H,1-2H3/q+2. The molecule has 0 saturated carbocycles. The largest absolute Gasteiger partial charge is 0.456 e. The minimum Gasteiger partial charge on any atom is -0.456 e. The van der Waals surface area contributed by atoms with Crippen LogP contribution in [-0.4, -0.2) is 14.4 Å². The lowest BCUT2D eigenvalue weighted by Crippen LogP contribution is -2.71. The highest BCUT2D eigenvalue weighted by atomic mass is 16.5. The van der Waals surface area contributed by atoms with Crippen molar-refractivity contribution in [2.75, 3.05) is 0 Å². The molecule has 0 amide bonds. The predicted octanol–water partition coefficient (Wildman–Crippen LogP) is 5.59. The summed E-state index contributed by atoms with van der Waals surface area (Å²) in [6.45, 7) is 4.38. The maximum absolute atomic E-state index is 6.67. The first kappa shape index (κ1) is 19.9. The van der Waals surface area contributed by atoms with Crippen LogP contribution in [0.2, 0.25) is 0 Å². The maximum atomic E-state index is 6.67. The average molecular weight is 504 g/mol. The van der Waals surface area contributed by atoms with E-state index in [0.717, 1.165) is 39.4 Å². The van der Waals surface area contributed by atoms with Gasteiger partial charge in [-0.1, -0.05) is 24.3 Å². The number of imidazole rings is 1. The third-order valence-corrected chi connectivity index (χ3v) is 8.98. The van der Waals surface area contributed by atoms with Crippen molar-refractivity contribution in [3.63, 3.8) is 0 Å². The smallest absolute Gasteiger partial charge is 0.371 e. The summed E-state index contributed by atoms with van der Waals surface area (Å²) in [5, 5.41) is 2.26. The molecule has 1 unspecified atom stereocenters. The van der Waals surface area contributed by atoms with Crippen LogP contribution in [-0.2, 0) is 5.66 Å². The lowest BCUT2D eigenvalue weighted by atomic mass is 9.86. The first-order chi connectivity index (χ1) is 19.2. The van der Waals surface area contributed by atoms with Gasteiger partial charge in [0.05, 0.1) is 10.9 Å². The normalized spacial score (nSPS) is 17.3. The molecule has 3 aliphatic heterocycles. The Bertz CT molecular complexity index is 2280. The van der Waals surface area contributed by atoms with E-state index >= 15 is 0 Å². The number of nitrogens with zero attached hydrogens (tertiary/aromatic N) is 5. The minimum absolute atomic E-state index is 0.616. The number of aromatic nitrogens is 5. The summed E-state index contributed by atoms with van der Waals surface area (Å²) in [4.78, 5) is 9.82. The Labute approximate surface area is 223 Å². The molecule has 1 atom stereocenters. The quantitative estimate of drug-likeness (QED) is 0.217. The molecule has 3 aliphatic rings. The van der Waals surface area contributed by atoms with Gasteiger partial charge in [0.25, 0.3) is 5.65 Å². The van der Waals surface area contributed by atoms with E-state index in [0.29, 0.717) is 0 Å². The zero-order valence-corrected chi connectivity index (χ0v) is 21.3. The molecule has 10 rings (SSSR count). The number of benzene rings is 3. The van der Waals surface area contributed by atoms with Crippen LogP contribution in [0.15, 0.2) is 91.5 Å². The van der Waals surface area contributed by atoms with E-state index in [1.54, 1.807) is 12.4 Å². The van der Waals surface area contributed by atoms with Crippen LogP contribution in [0, 0.1) is 13.8 Å². The second-order valence-corrected chi connectivity index (χ2v) is 10.8. The summed E-state index contributed by atoms with van der Waals surface area (Å²) in [5.41, 5.74) is 11.8. The molecule has 0 saturated heterocycles. The van der Waals surface area contributed by atoms with Gasteiger partial charge in [0.15, 0.2) is 11.9 Å². The molecule has 6 heteroatoms. The summed E-state index contributed by atoms with van der Waals surface area (Å²) < 4.78 is 13.9. The van der Waals surface area contributed by atoms with Crippen molar-refractivity contribution >= 4 is 27.6 Å². The van der Waals surface area contributed by atoms with Crippen LogP contribution in [0.1, 0.15) is 22.3 Å². The number of hydrogen-bond donors (Lipinski definition) is 0. The predicted molar refractivity (Wildman–Crippen MR) is 147 cm³/mol. The van der Waals surface area contributed by atoms with Gasteiger partial charge < -0.3 is 4.74 Å². The van der Waals surface area contributed by atoms with Crippen LogP contribution in [0.4, 0.5) is 0 Å². The van der Waals surface area contributed by atoms with Gasteiger partial charge in [-0.2, -0.15) is 8.97 Å². The Hall–Kier alpha value is -5.10. The molecular formula is C33H21N5O+2. The Balaban J connectivity index is 1.54. The fraction of sp³-hybridized carbons (Fsp3) is 0.0909. The average Bonchev–Trinajstić information content (AvgIpc) is 3.59. The molecule has 1 spiro atoms. The van der Waals surface area contributed by atoms with E-state index in [4.69, 9.17) is 14.7 Å². The number of pyridine rings is 2. The number of ether oxygens (including phenoxy) is 1. The third kappa shape index (κ3) is 1.98. The SMILES string of the molecule is Cc1cccc(C)c1-c1c[n+]2c3c4c5c(ccc4c4nccnc4n13)Oc1cccc3c1C52[n+]1ccccc1-3. The summed E-state index contributed by atoms with van der Waals surface area (Å²) in [6, 6.07) is 23.7. The second kappa shape index (κ2) is 6.30.